The van der Waals surface area contributed by atoms with Crippen LogP contribution in [0.5, 0.6) is 0 Å². The smallest absolute Gasteiger partial charge is 0.395 e. The molecule has 1 aliphatic heterocycles. The molecule has 26 heavy (non-hydrogen) atoms. The molecule has 2 heterocycles. The number of nitrogens with one attached hydrogen (secondary N) is 1. The van der Waals surface area contributed by atoms with Gasteiger partial charge in [0.2, 0.25) is 5.91 Å². The molecule has 1 aromatic carbocycles. The van der Waals surface area contributed by atoms with E-state index in [0.29, 0.717) is 5.69 Å². The standard InChI is InChI=1S/C16H14N4O6/c17-14(21)10-3-1-2-4-11(10)18-15(22)9-7-19(8-9)16(23)12-5-6-13(26-12)20(24)25/h1-6,9H,7-8H2,(H2,17,21)(H,18,22). The van der Waals surface area contributed by atoms with Crippen molar-refractivity contribution in [2.75, 3.05) is 18.4 Å². The van der Waals surface area contributed by atoms with E-state index in [-0.39, 0.29) is 30.3 Å². The molecule has 0 unspecified atom stereocenters. The molecule has 1 aliphatic rings. The van der Waals surface area contributed by atoms with Gasteiger partial charge in [0.1, 0.15) is 4.92 Å². The summed E-state index contributed by atoms with van der Waals surface area (Å²) in [5.74, 6) is -2.69. The highest BCUT2D eigenvalue weighted by atomic mass is 16.6. The number of rotatable bonds is 5. The molecule has 10 nitrogen and oxygen atoms in total. The quantitative estimate of drug-likeness (QED) is 0.601. The molecule has 0 bridgehead atoms. The Morgan fingerprint density at radius 1 is 1.19 bits per heavy atom. The molecule has 1 fully saturated rings. The van der Waals surface area contributed by atoms with Gasteiger partial charge in [-0.05, 0) is 18.2 Å². The van der Waals surface area contributed by atoms with Crippen molar-refractivity contribution in [1.29, 1.82) is 0 Å². The molecule has 134 valence electrons. The molecule has 0 saturated carbocycles. The van der Waals surface area contributed by atoms with Gasteiger partial charge in [-0.25, -0.2) is 0 Å². The summed E-state index contributed by atoms with van der Waals surface area (Å²) in [4.78, 5) is 47.0. The van der Waals surface area contributed by atoms with Gasteiger partial charge >= 0.3 is 5.88 Å². The number of hydrogen-bond acceptors (Lipinski definition) is 6. The number of nitrogens with zero attached hydrogens (tertiary/aromatic N) is 2. The molecule has 1 saturated heterocycles. The fourth-order valence-corrected chi connectivity index (χ4v) is 2.55. The summed E-state index contributed by atoms with van der Waals surface area (Å²) in [6.07, 6.45) is 0. The monoisotopic (exact) mass is 358 g/mol. The van der Waals surface area contributed by atoms with Crippen LogP contribution in [-0.4, -0.2) is 40.6 Å². The number of carbonyl (C=O) groups is 3. The number of para-hydroxylation sites is 1. The number of amides is 3. The number of nitrogens with two attached hydrogens (primary N) is 1. The van der Waals surface area contributed by atoms with Crippen LogP contribution in [0, 0.1) is 16.0 Å². The lowest BCUT2D eigenvalue weighted by Gasteiger charge is -2.37. The number of nitro groups is 1. The first-order valence-corrected chi connectivity index (χ1v) is 7.60. The number of hydrogen-bond donors (Lipinski definition) is 2. The van der Waals surface area contributed by atoms with Gasteiger partial charge in [0.15, 0.2) is 5.76 Å². The molecule has 10 heteroatoms. The predicted octanol–water partition coefficient (Wildman–Crippen LogP) is 0.997. The Morgan fingerprint density at radius 2 is 1.88 bits per heavy atom. The Morgan fingerprint density at radius 3 is 2.50 bits per heavy atom. The van der Waals surface area contributed by atoms with Crippen molar-refractivity contribution in [3.63, 3.8) is 0 Å². The molecule has 0 atom stereocenters. The summed E-state index contributed by atoms with van der Waals surface area (Å²) >= 11 is 0. The van der Waals surface area contributed by atoms with E-state index in [9.17, 15) is 24.5 Å². The second kappa shape index (κ2) is 6.67. The van der Waals surface area contributed by atoms with E-state index in [1.807, 2.05) is 0 Å². The van der Waals surface area contributed by atoms with Crippen LogP contribution in [0.1, 0.15) is 20.9 Å². The maximum atomic E-state index is 12.3. The SMILES string of the molecule is NC(=O)c1ccccc1NC(=O)C1CN(C(=O)c2ccc([N+](=O)[O-])o2)C1. The van der Waals surface area contributed by atoms with E-state index >= 15 is 0 Å². The predicted molar refractivity (Wildman–Crippen MR) is 88.3 cm³/mol. The van der Waals surface area contributed by atoms with Gasteiger partial charge in [0.25, 0.3) is 11.8 Å². The topological polar surface area (TPSA) is 149 Å². The molecule has 3 N–H and O–H groups in total. The van der Waals surface area contributed by atoms with Crippen molar-refractivity contribution in [2.45, 2.75) is 0 Å². The zero-order valence-corrected chi connectivity index (χ0v) is 13.4. The van der Waals surface area contributed by atoms with Crippen LogP contribution < -0.4 is 11.1 Å². The van der Waals surface area contributed by atoms with Gasteiger partial charge in [0, 0.05) is 13.1 Å². The second-order valence-electron chi connectivity index (χ2n) is 5.70. The molecule has 3 amide bonds. The fourth-order valence-electron chi connectivity index (χ4n) is 2.55. The van der Waals surface area contributed by atoms with Gasteiger partial charge in [-0.2, -0.15) is 0 Å². The number of benzene rings is 1. The Balaban J connectivity index is 1.59. The zero-order chi connectivity index (χ0) is 18.8. The average molecular weight is 358 g/mol. The fraction of sp³-hybridized carbons (Fsp3) is 0.188. The lowest BCUT2D eigenvalue weighted by molar-refractivity contribution is -0.402. The lowest BCUT2D eigenvalue weighted by atomic mass is 9.98. The van der Waals surface area contributed by atoms with E-state index in [4.69, 9.17) is 10.2 Å². The number of furan rings is 1. The van der Waals surface area contributed by atoms with Crippen molar-refractivity contribution in [3.05, 3.63) is 57.8 Å². The number of primary amides is 1. The molecule has 2 aromatic rings. The summed E-state index contributed by atoms with van der Waals surface area (Å²) < 4.78 is 4.85. The van der Waals surface area contributed by atoms with E-state index in [2.05, 4.69) is 5.32 Å². The molecule has 0 radical (unpaired) electrons. The molecule has 3 rings (SSSR count). The number of likely N-dealkylation sites (tertiary alicyclic amines) is 1. The third kappa shape index (κ3) is 3.24. The zero-order valence-electron chi connectivity index (χ0n) is 13.4. The van der Waals surface area contributed by atoms with Crippen LogP contribution in [0.4, 0.5) is 11.6 Å². The van der Waals surface area contributed by atoms with Crippen LogP contribution in [0.15, 0.2) is 40.8 Å². The molecule has 1 aromatic heterocycles. The maximum Gasteiger partial charge on any atom is 0.433 e. The minimum Gasteiger partial charge on any atom is -0.395 e. The first kappa shape index (κ1) is 17.1. The molecular formula is C16H14N4O6. The van der Waals surface area contributed by atoms with Gasteiger partial charge in [-0.15, -0.1) is 0 Å². The van der Waals surface area contributed by atoms with Gasteiger partial charge in [0.05, 0.1) is 23.2 Å². The van der Waals surface area contributed by atoms with E-state index in [0.717, 1.165) is 6.07 Å². The summed E-state index contributed by atoms with van der Waals surface area (Å²) in [6.45, 7) is 0.274. The maximum absolute atomic E-state index is 12.3. The van der Waals surface area contributed by atoms with Crippen molar-refractivity contribution >= 4 is 29.3 Å². The highest BCUT2D eigenvalue weighted by Crippen LogP contribution is 2.24. The van der Waals surface area contributed by atoms with Crippen LogP contribution in [0.2, 0.25) is 0 Å². The van der Waals surface area contributed by atoms with Crippen LogP contribution in [0.3, 0.4) is 0 Å². The minimum absolute atomic E-state index is 0.137. The van der Waals surface area contributed by atoms with Gasteiger partial charge in [-0.1, -0.05) is 12.1 Å². The van der Waals surface area contributed by atoms with Crippen LogP contribution >= 0.6 is 0 Å². The first-order valence-electron chi connectivity index (χ1n) is 7.60. The highest BCUT2D eigenvalue weighted by Gasteiger charge is 2.37. The number of anilines is 1. The highest BCUT2D eigenvalue weighted by molar-refractivity contribution is 6.04. The van der Waals surface area contributed by atoms with Crippen molar-refractivity contribution < 1.29 is 23.7 Å². The normalized spacial score (nSPS) is 13.8. The van der Waals surface area contributed by atoms with E-state index < -0.39 is 28.5 Å². The Hall–Kier alpha value is -3.69. The minimum atomic E-state index is -0.737. The van der Waals surface area contributed by atoms with Gasteiger partial charge < -0.3 is 20.4 Å². The summed E-state index contributed by atoms with van der Waals surface area (Å²) in [5.41, 5.74) is 5.75. The molecular weight excluding hydrogens is 344 g/mol. The lowest BCUT2D eigenvalue weighted by Crippen LogP contribution is -2.54. The Labute approximate surface area is 146 Å². The van der Waals surface area contributed by atoms with Crippen molar-refractivity contribution in [1.82, 2.24) is 4.90 Å². The summed E-state index contributed by atoms with van der Waals surface area (Å²) in [5, 5.41) is 13.2. The molecule has 0 spiro atoms. The molecule has 0 aliphatic carbocycles. The Kier molecular flexibility index (Phi) is 4.40. The first-order chi connectivity index (χ1) is 12.4. The third-order valence-electron chi connectivity index (χ3n) is 3.97. The Bertz CT molecular complexity index is 900. The van der Waals surface area contributed by atoms with E-state index in [1.165, 1.54) is 17.0 Å². The number of carbonyl (C=O) groups excluding carboxylic acids is 3. The average Bonchev–Trinajstić information content (AvgIpc) is 3.04. The van der Waals surface area contributed by atoms with Crippen LogP contribution in [0.25, 0.3) is 0 Å². The van der Waals surface area contributed by atoms with Crippen molar-refractivity contribution in [3.8, 4) is 0 Å². The van der Waals surface area contributed by atoms with Crippen LogP contribution in [-0.2, 0) is 4.79 Å². The van der Waals surface area contributed by atoms with E-state index in [1.54, 1.807) is 18.2 Å². The van der Waals surface area contributed by atoms with Crippen molar-refractivity contribution in [2.24, 2.45) is 11.7 Å². The summed E-state index contributed by atoms with van der Waals surface area (Å²) in [6, 6.07) is 8.65. The third-order valence-corrected chi connectivity index (χ3v) is 3.97. The van der Waals surface area contributed by atoms with Gasteiger partial charge in [-0.3, -0.25) is 24.5 Å². The summed E-state index contributed by atoms with van der Waals surface area (Å²) in [7, 11) is 0. The second-order valence-corrected chi connectivity index (χ2v) is 5.70. The largest absolute Gasteiger partial charge is 0.433 e.